The molecule has 0 aliphatic heterocycles. The van der Waals surface area contributed by atoms with E-state index < -0.39 is 16.2 Å². The van der Waals surface area contributed by atoms with Crippen LogP contribution in [0.5, 0.6) is 0 Å². The topological polar surface area (TPSA) is 88.9 Å². The van der Waals surface area contributed by atoms with Gasteiger partial charge in [0.15, 0.2) is 0 Å². The van der Waals surface area contributed by atoms with Crippen molar-refractivity contribution in [1.29, 1.82) is 0 Å². The van der Waals surface area contributed by atoms with Gasteiger partial charge in [0.1, 0.15) is 0 Å². The van der Waals surface area contributed by atoms with Gasteiger partial charge in [-0.05, 0) is 24.1 Å². The van der Waals surface area contributed by atoms with Crippen molar-refractivity contribution < 1.29 is 4.92 Å². The maximum absolute atomic E-state index is 11.5. The third-order valence-corrected chi connectivity index (χ3v) is 2.66. The summed E-state index contributed by atoms with van der Waals surface area (Å²) >= 11 is 0. The third-order valence-electron chi connectivity index (χ3n) is 2.66. The van der Waals surface area contributed by atoms with Crippen molar-refractivity contribution in [2.24, 2.45) is 0 Å². The zero-order valence-corrected chi connectivity index (χ0v) is 9.71. The van der Waals surface area contributed by atoms with Crippen LogP contribution in [0.25, 0.3) is 11.3 Å². The lowest BCUT2D eigenvalue weighted by Gasteiger charge is -2.06. The third kappa shape index (κ3) is 2.13. The van der Waals surface area contributed by atoms with E-state index in [-0.39, 0.29) is 0 Å². The summed E-state index contributed by atoms with van der Waals surface area (Å²) in [5.74, 6) is 0. The highest BCUT2D eigenvalue weighted by Crippen LogP contribution is 2.21. The Kier molecular flexibility index (Phi) is 3.18. The van der Waals surface area contributed by atoms with Gasteiger partial charge in [-0.2, -0.15) is 0 Å². The first-order valence-electron chi connectivity index (χ1n) is 5.44. The molecule has 0 aromatic carbocycles. The monoisotopic (exact) mass is 245 g/mol. The molecular weight excluding hydrogens is 234 g/mol. The number of nitro groups is 1. The fraction of sp³-hybridized carbons (Fsp3) is 0.167. The lowest BCUT2D eigenvalue weighted by molar-refractivity contribution is -0.386. The van der Waals surface area contributed by atoms with Crippen molar-refractivity contribution in [3.8, 4) is 11.3 Å². The van der Waals surface area contributed by atoms with Crippen LogP contribution in [0, 0.1) is 10.1 Å². The minimum absolute atomic E-state index is 0.453. The summed E-state index contributed by atoms with van der Waals surface area (Å²) in [6.45, 7) is 1.98. The molecule has 18 heavy (non-hydrogen) atoms. The molecule has 92 valence electrons. The van der Waals surface area contributed by atoms with E-state index in [0.29, 0.717) is 5.69 Å². The van der Waals surface area contributed by atoms with Crippen LogP contribution >= 0.6 is 0 Å². The van der Waals surface area contributed by atoms with Crippen LogP contribution in [0.3, 0.4) is 0 Å². The number of nitrogens with one attached hydrogen (secondary N) is 1. The maximum Gasteiger partial charge on any atom is 0.333 e. The maximum atomic E-state index is 11.5. The number of hydrogen-bond donors (Lipinski definition) is 1. The molecule has 2 aromatic heterocycles. The first-order chi connectivity index (χ1) is 8.63. The standard InChI is InChI=1S/C12H11N3O3/c1-2-8-7-13-6-5-9(8)10-3-4-11(15(17)18)12(16)14-10/h3-7H,2H2,1H3,(H,14,16). The van der Waals surface area contributed by atoms with E-state index in [1.807, 2.05) is 6.92 Å². The molecule has 0 aliphatic carbocycles. The molecule has 6 nitrogen and oxygen atoms in total. The summed E-state index contributed by atoms with van der Waals surface area (Å²) in [7, 11) is 0. The van der Waals surface area contributed by atoms with Crippen LogP contribution in [0.1, 0.15) is 12.5 Å². The first kappa shape index (κ1) is 12.0. The van der Waals surface area contributed by atoms with Crippen LogP contribution < -0.4 is 5.56 Å². The van der Waals surface area contributed by atoms with Gasteiger partial charge in [0, 0.05) is 29.7 Å². The van der Waals surface area contributed by atoms with Gasteiger partial charge >= 0.3 is 11.2 Å². The van der Waals surface area contributed by atoms with E-state index >= 15 is 0 Å². The molecule has 0 radical (unpaired) electrons. The number of aromatic amines is 1. The van der Waals surface area contributed by atoms with Crippen molar-refractivity contribution in [2.75, 3.05) is 0 Å². The van der Waals surface area contributed by atoms with Crippen LogP contribution in [0.15, 0.2) is 35.4 Å². The Bertz CT molecular complexity index is 649. The minimum atomic E-state index is -0.699. The van der Waals surface area contributed by atoms with Crippen LogP contribution in [-0.2, 0) is 6.42 Å². The van der Waals surface area contributed by atoms with Crippen molar-refractivity contribution in [3.63, 3.8) is 0 Å². The van der Waals surface area contributed by atoms with Crippen molar-refractivity contribution in [2.45, 2.75) is 13.3 Å². The summed E-state index contributed by atoms with van der Waals surface area (Å²) in [4.78, 5) is 27.9. The fourth-order valence-electron chi connectivity index (χ4n) is 1.74. The summed E-state index contributed by atoms with van der Waals surface area (Å²) in [5.41, 5.74) is 1.22. The zero-order chi connectivity index (χ0) is 13.1. The fourth-order valence-corrected chi connectivity index (χ4v) is 1.74. The molecule has 0 saturated heterocycles. The number of pyridine rings is 2. The van der Waals surface area contributed by atoms with E-state index in [1.54, 1.807) is 18.5 Å². The highest BCUT2D eigenvalue weighted by molar-refractivity contribution is 5.63. The van der Waals surface area contributed by atoms with Crippen LogP contribution in [0.2, 0.25) is 0 Å². The second kappa shape index (κ2) is 4.79. The molecular formula is C12H11N3O3. The SMILES string of the molecule is CCc1cnccc1-c1ccc([N+](=O)[O-])c(=O)[nH]1. The molecule has 6 heteroatoms. The van der Waals surface area contributed by atoms with Gasteiger partial charge in [0.05, 0.1) is 4.92 Å². The summed E-state index contributed by atoms with van der Waals surface area (Å²) in [6.07, 6.45) is 4.10. The van der Waals surface area contributed by atoms with E-state index in [9.17, 15) is 14.9 Å². The smallest absolute Gasteiger partial charge is 0.316 e. The van der Waals surface area contributed by atoms with E-state index in [2.05, 4.69) is 9.97 Å². The number of nitrogens with zero attached hydrogens (tertiary/aromatic N) is 2. The average molecular weight is 245 g/mol. The quantitative estimate of drug-likeness (QED) is 0.660. The number of aromatic nitrogens is 2. The molecule has 0 unspecified atom stereocenters. The van der Waals surface area contributed by atoms with Crippen molar-refractivity contribution in [3.05, 3.63) is 56.6 Å². The molecule has 2 rings (SSSR count). The van der Waals surface area contributed by atoms with Gasteiger partial charge in [-0.15, -0.1) is 0 Å². The Morgan fingerprint density at radius 2 is 2.17 bits per heavy atom. The number of hydrogen-bond acceptors (Lipinski definition) is 4. The Morgan fingerprint density at radius 3 is 2.78 bits per heavy atom. The van der Waals surface area contributed by atoms with Gasteiger partial charge in [-0.25, -0.2) is 0 Å². The van der Waals surface area contributed by atoms with Crippen molar-refractivity contribution >= 4 is 5.69 Å². The summed E-state index contributed by atoms with van der Waals surface area (Å²) < 4.78 is 0. The van der Waals surface area contributed by atoms with E-state index in [4.69, 9.17) is 0 Å². The molecule has 0 amide bonds. The average Bonchev–Trinajstić information content (AvgIpc) is 2.38. The lowest BCUT2D eigenvalue weighted by atomic mass is 10.0. The molecule has 2 heterocycles. The zero-order valence-electron chi connectivity index (χ0n) is 9.71. The van der Waals surface area contributed by atoms with E-state index in [0.717, 1.165) is 17.5 Å². The molecule has 1 N–H and O–H groups in total. The molecule has 0 aliphatic rings. The summed E-state index contributed by atoms with van der Waals surface area (Å²) in [6, 6.07) is 4.53. The highest BCUT2D eigenvalue weighted by Gasteiger charge is 2.13. The molecule has 0 atom stereocenters. The second-order valence-electron chi connectivity index (χ2n) is 3.73. The van der Waals surface area contributed by atoms with Crippen LogP contribution in [-0.4, -0.2) is 14.9 Å². The normalized spacial score (nSPS) is 10.3. The minimum Gasteiger partial charge on any atom is -0.316 e. The lowest BCUT2D eigenvalue weighted by Crippen LogP contribution is -2.12. The van der Waals surface area contributed by atoms with Gasteiger partial charge < -0.3 is 4.98 Å². The van der Waals surface area contributed by atoms with Gasteiger partial charge in [0.2, 0.25) is 0 Å². The Balaban J connectivity index is 2.56. The molecule has 0 fully saturated rings. The Morgan fingerprint density at radius 1 is 1.39 bits per heavy atom. The molecule has 0 bridgehead atoms. The highest BCUT2D eigenvalue weighted by atomic mass is 16.6. The number of aryl methyl sites for hydroxylation is 1. The Hall–Kier alpha value is -2.50. The van der Waals surface area contributed by atoms with Gasteiger partial charge in [0.25, 0.3) is 0 Å². The first-order valence-corrected chi connectivity index (χ1v) is 5.44. The Labute approximate surface area is 102 Å². The van der Waals surface area contributed by atoms with Gasteiger partial charge in [-0.3, -0.25) is 19.9 Å². The number of H-pyrrole nitrogens is 1. The van der Waals surface area contributed by atoms with Gasteiger partial charge in [-0.1, -0.05) is 6.92 Å². The largest absolute Gasteiger partial charge is 0.333 e. The summed E-state index contributed by atoms with van der Waals surface area (Å²) in [5, 5.41) is 10.6. The molecule has 2 aromatic rings. The predicted octanol–water partition coefficient (Wildman–Crippen LogP) is 1.91. The molecule has 0 saturated carbocycles. The molecule has 0 spiro atoms. The van der Waals surface area contributed by atoms with Crippen molar-refractivity contribution in [1.82, 2.24) is 9.97 Å². The number of rotatable bonds is 3. The van der Waals surface area contributed by atoms with Crippen LogP contribution in [0.4, 0.5) is 5.69 Å². The predicted molar refractivity (Wildman–Crippen MR) is 66.3 cm³/mol. The second-order valence-corrected chi connectivity index (χ2v) is 3.73. The van der Waals surface area contributed by atoms with E-state index in [1.165, 1.54) is 12.1 Å².